The minimum Gasteiger partial charge on any atom is -0.168 e. The topological polar surface area (TPSA) is 0 Å². The first kappa shape index (κ1) is 7.56. The summed E-state index contributed by atoms with van der Waals surface area (Å²) in [5.74, 6) is 0. The lowest BCUT2D eigenvalue weighted by molar-refractivity contribution is -0.112. The molecule has 0 nitrogen and oxygen atoms in total. The van der Waals surface area contributed by atoms with Crippen LogP contribution in [0.15, 0.2) is 0 Å². The molecular formula is C2HBrClF3. The van der Waals surface area contributed by atoms with Gasteiger partial charge in [-0.3, -0.25) is 0 Å². The summed E-state index contributed by atoms with van der Waals surface area (Å²) in [4.78, 5) is 0. The molecule has 44 valence electrons. The Balaban J connectivity index is 3.54. The van der Waals surface area contributed by atoms with Crippen LogP contribution in [0.3, 0.4) is 0 Å². The summed E-state index contributed by atoms with van der Waals surface area (Å²) in [5, 5.41) is 0. The average Bonchev–Trinajstić information content (AvgIpc) is 1.31. The second kappa shape index (κ2) is 2.22. The van der Waals surface area contributed by atoms with Crippen molar-refractivity contribution < 1.29 is 13.2 Å². The van der Waals surface area contributed by atoms with Crippen LogP contribution in [0.2, 0.25) is 0 Å². The van der Waals surface area contributed by atoms with Gasteiger partial charge < -0.3 is 0 Å². The van der Waals surface area contributed by atoms with Crippen molar-refractivity contribution in [1.29, 1.82) is 0 Å². The Morgan fingerprint density at radius 1 is 1.43 bits per heavy atom. The van der Waals surface area contributed by atoms with E-state index in [2.05, 4.69) is 27.5 Å². The molecule has 0 amide bonds. The Morgan fingerprint density at radius 2 is 1.57 bits per heavy atom. The van der Waals surface area contributed by atoms with E-state index >= 15 is 0 Å². The van der Waals surface area contributed by atoms with Gasteiger partial charge in [0, 0.05) is 0 Å². The van der Waals surface area contributed by atoms with E-state index in [1.54, 1.807) is 0 Å². The Bertz CT molecular complexity index is 58.4. The van der Waals surface area contributed by atoms with Gasteiger partial charge in [-0.1, -0.05) is 15.9 Å². The molecule has 0 aromatic carbocycles. The van der Waals surface area contributed by atoms with Crippen molar-refractivity contribution in [1.82, 2.24) is 0 Å². The van der Waals surface area contributed by atoms with Crippen LogP contribution < -0.4 is 0 Å². The van der Waals surface area contributed by atoms with Crippen LogP contribution in [-0.4, -0.2) is 10.5 Å². The third-order valence-corrected chi connectivity index (χ3v) is 1.01. The summed E-state index contributed by atoms with van der Waals surface area (Å²) in [6, 6.07) is 0. The van der Waals surface area contributed by atoms with Crippen LogP contribution >= 0.6 is 27.5 Å². The molecule has 0 bridgehead atoms. The highest BCUT2D eigenvalue weighted by molar-refractivity contribution is 9.10. The molecule has 0 rings (SSSR count). The molecule has 0 N–H and O–H groups in total. The fraction of sp³-hybridized carbons (Fsp3) is 1.00. The van der Waals surface area contributed by atoms with Crippen LogP contribution in [-0.2, 0) is 0 Å². The molecule has 1 atom stereocenters. The van der Waals surface area contributed by atoms with E-state index in [4.69, 9.17) is 0 Å². The van der Waals surface area contributed by atoms with Gasteiger partial charge in [0.05, 0.1) is 0 Å². The van der Waals surface area contributed by atoms with Crippen molar-refractivity contribution in [2.45, 2.75) is 10.5 Å². The molecule has 0 saturated carbocycles. The fourth-order valence-corrected chi connectivity index (χ4v) is 0. The number of hydrogen-bond acceptors (Lipinski definition) is 0. The highest BCUT2D eigenvalue weighted by Gasteiger charge is 2.35. The molecule has 7 heavy (non-hydrogen) atoms. The van der Waals surface area contributed by atoms with Crippen molar-refractivity contribution in [3.05, 3.63) is 0 Å². The molecule has 0 aliphatic carbocycles. The lowest BCUT2D eigenvalue weighted by atomic mass is 11.5. The molecule has 0 aromatic heterocycles. The van der Waals surface area contributed by atoms with E-state index in [0.29, 0.717) is 0 Å². The van der Waals surface area contributed by atoms with Gasteiger partial charge in [0.2, 0.25) is 0 Å². The van der Waals surface area contributed by atoms with Crippen molar-refractivity contribution in [2.75, 3.05) is 0 Å². The molecule has 0 heterocycles. The quantitative estimate of drug-likeness (QED) is 0.526. The lowest BCUT2D eigenvalue weighted by Crippen LogP contribution is -2.16. The predicted molar refractivity (Wildman–Crippen MR) is 24.6 cm³/mol. The molecule has 0 spiro atoms. The van der Waals surface area contributed by atoms with Gasteiger partial charge in [0.15, 0.2) is 4.29 Å². The molecule has 0 saturated heterocycles. The average molecular weight is 199 g/mol. The number of alkyl halides is 5. The summed E-state index contributed by atoms with van der Waals surface area (Å²) in [6.07, 6.45) is -4.32. The first-order valence-corrected chi connectivity index (χ1v) is 2.64. The third-order valence-electron chi connectivity index (χ3n) is 0.247. The highest BCUT2D eigenvalue weighted by atomic mass is 79.9. The third kappa shape index (κ3) is 3.17. The Hall–Kier alpha value is 0.560. The van der Waals surface area contributed by atoms with E-state index in [9.17, 15) is 13.2 Å². The highest BCUT2D eigenvalue weighted by Crippen LogP contribution is 2.28. The summed E-state index contributed by atoms with van der Waals surface area (Å²) in [6.45, 7) is 0. The fourth-order valence-electron chi connectivity index (χ4n) is 0. The smallest absolute Gasteiger partial charge is 0.168 e. The van der Waals surface area contributed by atoms with Gasteiger partial charge in [-0.05, 0) is 0 Å². The first-order valence-electron chi connectivity index (χ1n) is 1.29. The van der Waals surface area contributed by atoms with Crippen molar-refractivity contribution in [3.63, 3.8) is 0 Å². The Morgan fingerprint density at radius 3 is 1.57 bits per heavy atom. The number of rotatable bonds is 0. The van der Waals surface area contributed by atoms with Crippen LogP contribution in [0.4, 0.5) is 13.2 Å². The maximum atomic E-state index is 11.0. The molecule has 0 aliphatic heterocycles. The van der Waals surface area contributed by atoms with Crippen molar-refractivity contribution in [2.24, 2.45) is 0 Å². The van der Waals surface area contributed by atoms with E-state index < -0.39 is 10.5 Å². The minimum absolute atomic E-state index is 1.92. The van der Waals surface area contributed by atoms with Gasteiger partial charge >= 0.3 is 6.18 Å². The van der Waals surface area contributed by atoms with Crippen molar-refractivity contribution in [3.8, 4) is 0 Å². The molecule has 0 aliphatic rings. The monoisotopic (exact) mass is 198 g/mol. The summed E-state index contributed by atoms with van der Waals surface area (Å²) < 4.78 is 31.1. The number of hydrogen-bond donors (Lipinski definition) is 0. The summed E-state index contributed by atoms with van der Waals surface area (Å²) >= 11 is 6.68. The largest absolute Gasteiger partial charge is 0.414 e. The van der Waals surface area contributed by atoms with Gasteiger partial charge in [0.1, 0.15) is 0 Å². The predicted octanol–water partition coefficient (Wildman–Crippen LogP) is 2.51. The zero-order valence-electron chi connectivity index (χ0n) is 2.97. The van der Waals surface area contributed by atoms with E-state index in [1.165, 1.54) is 0 Å². The second-order valence-corrected chi connectivity index (χ2v) is 2.72. The van der Waals surface area contributed by atoms with E-state index in [0.717, 1.165) is 0 Å². The van der Waals surface area contributed by atoms with Gasteiger partial charge in [0.25, 0.3) is 0 Å². The van der Waals surface area contributed by atoms with E-state index in [-0.39, 0.29) is 0 Å². The zero-order chi connectivity index (χ0) is 6.08. The normalized spacial score (nSPS) is 16.7. The SMILES string of the molecule is F[14C](F)(F)C(Cl)Br. The standard InChI is InChI=1S/C2HBrClF3/c3-1(4)2(5,6)7/h1H/i2+2. The molecule has 0 fully saturated rings. The molecular weight excluding hydrogens is 198 g/mol. The minimum atomic E-state index is -4.32. The Labute approximate surface area is 51.8 Å². The van der Waals surface area contributed by atoms with Gasteiger partial charge in [-0.15, -0.1) is 11.6 Å². The molecule has 1 unspecified atom stereocenters. The lowest BCUT2D eigenvalue weighted by Gasteiger charge is -2.03. The Kier molecular flexibility index (Phi) is 2.40. The van der Waals surface area contributed by atoms with Crippen LogP contribution in [0.1, 0.15) is 0 Å². The van der Waals surface area contributed by atoms with Gasteiger partial charge in [-0.2, -0.15) is 13.2 Å². The molecule has 0 aromatic rings. The number of halogens is 5. The van der Waals surface area contributed by atoms with E-state index in [1.807, 2.05) is 0 Å². The summed E-state index contributed by atoms with van der Waals surface area (Å²) in [5.41, 5.74) is 0. The maximum absolute atomic E-state index is 11.0. The second-order valence-electron chi connectivity index (χ2n) is 0.842. The van der Waals surface area contributed by atoms with Crippen LogP contribution in [0.25, 0.3) is 0 Å². The van der Waals surface area contributed by atoms with Crippen LogP contribution in [0.5, 0.6) is 0 Å². The van der Waals surface area contributed by atoms with Gasteiger partial charge in [-0.25, -0.2) is 0 Å². The zero-order valence-corrected chi connectivity index (χ0v) is 5.31. The van der Waals surface area contributed by atoms with Crippen molar-refractivity contribution >= 4 is 27.5 Å². The maximum Gasteiger partial charge on any atom is 0.414 e. The molecule has 0 radical (unpaired) electrons. The van der Waals surface area contributed by atoms with Crippen LogP contribution in [0, 0.1) is 0 Å². The summed E-state index contributed by atoms with van der Waals surface area (Å²) in [7, 11) is 0. The first-order chi connectivity index (χ1) is 2.94. The molecule has 5 heteroatoms.